The van der Waals surface area contributed by atoms with E-state index in [1.54, 1.807) is 0 Å². The number of nitrogens with two attached hydrogens (primary N) is 1. The Hall–Kier alpha value is -2.22. The van der Waals surface area contributed by atoms with Crippen molar-refractivity contribution in [1.29, 1.82) is 0 Å². The number of hydrogen-bond donors (Lipinski definition) is 2. The van der Waals surface area contributed by atoms with Crippen LogP contribution in [0.1, 0.15) is 12.8 Å². The second kappa shape index (κ2) is 6.29. The van der Waals surface area contributed by atoms with Crippen molar-refractivity contribution in [3.8, 4) is 0 Å². The molecule has 0 radical (unpaired) electrons. The average Bonchev–Trinajstić information content (AvgIpc) is 2.47. The zero-order valence-electron chi connectivity index (χ0n) is 11.0. The van der Waals surface area contributed by atoms with Crippen molar-refractivity contribution >= 4 is 17.5 Å². The molecule has 1 aromatic heterocycles. The highest BCUT2D eigenvalue weighted by atomic mass is 16.6. The van der Waals surface area contributed by atoms with E-state index in [0.717, 1.165) is 19.4 Å². The van der Waals surface area contributed by atoms with Gasteiger partial charge in [-0.3, -0.25) is 10.1 Å². The molecule has 1 atom stereocenters. The molecule has 8 heteroatoms. The van der Waals surface area contributed by atoms with Crippen molar-refractivity contribution in [3.05, 3.63) is 28.4 Å². The maximum absolute atomic E-state index is 10.9. The number of likely N-dealkylation sites (tertiary alicyclic amines) is 1. The molecule has 1 aromatic rings. The summed E-state index contributed by atoms with van der Waals surface area (Å²) in [7, 11) is 0. The lowest BCUT2D eigenvalue weighted by molar-refractivity contribution is -0.384. The van der Waals surface area contributed by atoms with Crippen LogP contribution >= 0.6 is 0 Å². The van der Waals surface area contributed by atoms with E-state index in [0.29, 0.717) is 6.54 Å². The van der Waals surface area contributed by atoms with Gasteiger partial charge in [0.05, 0.1) is 4.92 Å². The molecule has 0 amide bonds. The molecule has 3 N–H and O–H groups in total. The van der Waals surface area contributed by atoms with Crippen molar-refractivity contribution < 1.29 is 10.0 Å². The minimum atomic E-state index is -0.536. The Labute approximate surface area is 116 Å². The zero-order chi connectivity index (χ0) is 14.5. The number of nitro groups is 1. The molecule has 0 saturated carbocycles. The molecular formula is C12H17N5O3. The van der Waals surface area contributed by atoms with Gasteiger partial charge in [-0.2, -0.15) is 4.99 Å². The van der Waals surface area contributed by atoms with E-state index in [9.17, 15) is 15.2 Å². The summed E-state index contributed by atoms with van der Waals surface area (Å²) in [4.78, 5) is 20.1. The summed E-state index contributed by atoms with van der Waals surface area (Å²) in [5.41, 5.74) is 5.72. The minimum absolute atomic E-state index is 0.00104. The topological polar surface area (TPSA) is 118 Å². The highest BCUT2D eigenvalue weighted by Crippen LogP contribution is 2.24. The van der Waals surface area contributed by atoms with Crippen molar-refractivity contribution in [2.75, 3.05) is 19.7 Å². The van der Waals surface area contributed by atoms with Gasteiger partial charge in [-0.1, -0.05) is 0 Å². The quantitative estimate of drug-likeness (QED) is 0.363. The van der Waals surface area contributed by atoms with Crippen LogP contribution in [0, 0.1) is 16.0 Å². The van der Waals surface area contributed by atoms with Crippen molar-refractivity contribution in [3.63, 3.8) is 0 Å². The zero-order valence-corrected chi connectivity index (χ0v) is 11.0. The molecular weight excluding hydrogens is 262 g/mol. The Balaban J connectivity index is 2.20. The highest BCUT2D eigenvalue weighted by Gasteiger charge is 2.22. The molecule has 0 aliphatic carbocycles. The second-order valence-electron chi connectivity index (χ2n) is 4.71. The Morgan fingerprint density at radius 2 is 2.50 bits per heavy atom. The fourth-order valence-corrected chi connectivity index (χ4v) is 2.22. The molecule has 1 unspecified atom stereocenters. The van der Waals surface area contributed by atoms with E-state index in [1.165, 1.54) is 18.3 Å². The average molecular weight is 279 g/mol. The van der Waals surface area contributed by atoms with E-state index in [4.69, 9.17) is 5.73 Å². The number of hydrogen-bond acceptors (Lipinski definition) is 5. The van der Waals surface area contributed by atoms with E-state index in [1.807, 2.05) is 4.90 Å². The first-order chi connectivity index (χ1) is 9.61. The van der Waals surface area contributed by atoms with Gasteiger partial charge in [0.15, 0.2) is 5.96 Å². The Kier molecular flexibility index (Phi) is 4.46. The number of pyridine rings is 1. The van der Waals surface area contributed by atoms with Crippen molar-refractivity contribution in [1.82, 2.24) is 9.88 Å². The lowest BCUT2D eigenvalue weighted by Gasteiger charge is -2.32. The molecule has 1 saturated heterocycles. The van der Waals surface area contributed by atoms with Crippen molar-refractivity contribution in [2.45, 2.75) is 12.8 Å². The van der Waals surface area contributed by atoms with Crippen LogP contribution in [-0.2, 0) is 0 Å². The van der Waals surface area contributed by atoms with Gasteiger partial charge in [0.1, 0.15) is 0 Å². The van der Waals surface area contributed by atoms with E-state index in [-0.39, 0.29) is 30.0 Å². The lowest BCUT2D eigenvalue weighted by atomic mass is 9.99. The largest absolute Gasteiger partial charge is 0.396 e. The van der Waals surface area contributed by atoms with Crippen LogP contribution in [-0.4, -0.2) is 45.6 Å². The lowest BCUT2D eigenvalue weighted by Crippen LogP contribution is -2.44. The van der Waals surface area contributed by atoms with Crippen LogP contribution in [0.3, 0.4) is 0 Å². The summed E-state index contributed by atoms with van der Waals surface area (Å²) in [6, 6.07) is 2.82. The van der Waals surface area contributed by atoms with E-state index < -0.39 is 4.92 Å². The van der Waals surface area contributed by atoms with Crippen LogP contribution in [0.5, 0.6) is 0 Å². The van der Waals surface area contributed by atoms with Crippen LogP contribution in [0.15, 0.2) is 23.3 Å². The van der Waals surface area contributed by atoms with Gasteiger partial charge in [-0.05, 0) is 24.8 Å². The van der Waals surface area contributed by atoms with Gasteiger partial charge >= 0.3 is 5.69 Å². The third kappa shape index (κ3) is 3.21. The number of aromatic nitrogens is 1. The Morgan fingerprint density at radius 1 is 1.70 bits per heavy atom. The fraction of sp³-hybridized carbons (Fsp3) is 0.500. The van der Waals surface area contributed by atoms with Crippen molar-refractivity contribution in [2.24, 2.45) is 16.6 Å². The summed E-state index contributed by atoms with van der Waals surface area (Å²) >= 11 is 0. The van der Waals surface area contributed by atoms with Crippen LogP contribution in [0.2, 0.25) is 0 Å². The van der Waals surface area contributed by atoms with Gasteiger partial charge in [0.25, 0.3) is 0 Å². The summed E-state index contributed by atoms with van der Waals surface area (Å²) < 4.78 is 0. The Bertz CT molecular complexity index is 520. The molecule has 2 heterocycles. The molecule has 0 aromatic carbocycles. The van der Waals surface area contributed by atoms with Gasteiger partial charge in [-0.25, -0.2) is 4.98 Å². The maximum atomic E-state index is 10.9. The molecule has 2 rings (SSSR count). The number of aliphatic hydroxyl groups excluding tert-OH is 1. The molecule has 1 fully saturated rings. The smallest absolute Gasteiger partial charge is 0.313 e. The summed E-state index contributed by atoms with van der Waals surface area (Å²) in [5.74, 6) is 0.363. The number of aliphatic hydroxyl groups is 1. The van der Waals surface area contributed by atoms with Crippen LogP contribution in [0.4, 0.5) is 11.5 Å². The number of rotatable bonds is 3. The third-order valence-electron chi connectivity index (χ3n) is 3.28. The fourth-order valence-electron chi connectivity index (χ4n) is 2.22. The molecule has 20 heavy (non-hydrogen) atoms. The van der Waals surface area contributed by atoms with E-state index in [2.05, 4.69) is 9.98 Å². The maximum Gasteiger partial charge on any atom is 0.313 e. The summed E-state index contributed by atoms with van der Waals surface area (Å²) in [5, 5.41) is 20.1. The SMILES string of the molecule is N/C(=N\c1ncccc1[N+](=O)[O-])N1CCCC(CO)C1. The van der Waals surface area contributed by atoms with Gasteiger partial charge in [-0.15, -0.1) is 0 Å². The number of guanidine groups is 1. The number of piperidine rings is 1. The second-order valence-corrected chi connectivity index (χ2v) is 4.71. The normalized spacial score (nSPS) is 19.9. The first-order valence-electron chi connectivity index (χ1n) is 6.41. The first-order valence-corrected chi connectivity index (χ1v) is 6.41. The van der Waals surface area contributed by atoms with Gasteiger partial charge < -0.3 is 15.7 Å². The Morgan fingerprint density at radius 3 is 3.20 bits per heavy atom. The summed E-state index contributed by atoms with van der Waals surface area (Å²) in [6.07, 6.45) is 3.29. The molecule has 1 aliphatic rings. The van der Waals surface area contributed by atoms with Gasteiger partial charge in [0.2, 0.25) is 5.82 Å². The van der Waals surface area contributed by atoms with Gasteiger partial charge in [0, 0.05) is 32.0 Å². The third-order valence-corrected chi connectivity index (χ3v) is 3.28. The molecule has 8 nitrogen and oxygen atoms in total. The molecule has 0 bridgehead atoms. The molecule has 1 aliphatic heterocycles. The highest BCUT2D eigenvalue weighted by molar-refractivity contribution is 5.81. The number of nitrogens with zero attached hydrogens (tertiary/aromatic N) is 4. The van der Waals surface area contributed by atoms with Crippen LogP contribution in [0.25, 0.3) is 0 Å². The minimum Gasteiger partial charge on any atom is -0.396 e. The monoisotopic (exact) mass is 279 g/mol. The summed E-state index contributed by atoms with van der Waals surface area (Å²) in [6.45, 7) is 1.44. The predicted octanol–water partition coefficient (Wildman–Crippen LogP) is 0.640. The van der Waals surface area contributed by atoms with E-state index >= 15 is 0 Å². The van der Waals surface area contributed by atoms with Crippen LogP contribution < -0.4 is 5.73 Å². The standard InChI is InChI=1S/C12H17N5O3/c13-12(16-6-2-3-9(7-16)8-18)15-11-10(17(19)20)4-1-5-14-11/h1,4-5,9,18H,2-3,6-8H2,(H2,13,14,15). The predicted molar refractivity (Wildman–Crippen MR) is 73.6 cm³/mol. The molecule has 108 valence electrons. The molecule has 0 spiro atoms. The number of aliphatic imine (C=N–C) groups is 1. The first kappa shape index (κ1) is 14.2.